The average Bonchev–Trinajstić information content (AvgIpc) is 3.46. The number of hydrogen-bond donors (Lipinski definition) is 1. The van der Waals surface area contributed by atoms with Crippen molar-refractivity contribution in [2.24, 2.45) is 7.05 Å². The van der Waals surface area contributed by atoms with Crippen LogP contribution in [0.25, 0.3) is 0 Å². The first-order valence-corrected chi connectivity index (χ1v) is 12.9. The van der Waals surface area contributed by atoms with Crippen molar-refractivity contribution in [1.82, 2.24) is 14.2 Å². The summed E-state index contributed by atoms with van der Waals surface area (Å²) in [6.45, 7) is 1.58. The minimum Gasteiger partial charge on any atom is -0.496 e. The van der Waals surface area contributed by atoms with Gasteiger partial charge in [0, 0.05) is 43.9 Å². The van der Waals surface area contributed by atoms with Gasteiger partial charge in [-0.05, 0) is 37.8 Å². The average molecular weight is 460 g/mol. The van der Waals surface area contributed by atoms with E-state index in [9.17, 15) is 13.2 Å². The molecular weight excluding hydrogens is 426 g/mol. The number of nitrogens with one attached hydrogen (secondary N) is 1. The van der Waals surface area contributed by atoms with Crippen LogP contribution < -0.4 is 10.1 Å². The number of sulfonamides is 1. The van der Waals surface area contributed by atoms with Crippen LogP contribution in [-0.4, -0.2) is 49.9 Å². The molecule has 1 saturated carbocycles. The Morgan fingerprint density at radius 2 is 1.78 bits per heavy atom. The van der Waals surface area contributed by atoms with Gasteiger partial charge < -0.3 is 14.6 Å². The first-order chi connectivity index (χ1) is 15.4. The number of rotatable bonds is 7. The maximum Gasteiger partial charge on any atom is 0.267 e. The minimum atomic E-state index is -3.58. The van der Waals surface area contributed by atoms with Gasteiger partial charge in [-0.1, -0.05) is 37.5 Å². The van der Waals surface area contributed by atoms with Gasteiger partial charge in [-0.2, -0.15) is 4.31 Å². The van der Waals surface area contributed by atoms with E-state index in [-0.39, 0.29) is 16.2 Å². The lowest BCUT2D eigenvalue weighted by molar-refractivity contribution is 0.0934. The quantitative estimate of drug-likeness (QED) is 0.688. The number of para-hydroxylation sites is 1. The van der Waals surface area contributed by atoms with Crippen LogP contribution >= 0.6 is 0 Å². The summed E-state index contributed by atoms with van der Waals surface area (Å²) in [7, 11) is -0.183. The van der Waals surface area contributed by atoms with Gasteiger partial charge in [0.2, 0.25) is 10.0 Å². The zero-order valence-corrected chi connectivity index (χ0v) is 19.8. The van der Waals surface area contributed by atoms with Crippen molar-refractivity contribution in [3.63, 3.8) is 0 Å². The number of aromatic nitrogens is 1. The molecule has 2 fully saturated rings. The van der Waals surface area contributed by atoms with E-state index < -0.39 is 10.0 Å². The van der Waals surface area contributed by atoms with Gasteiger partial charge in [0.1, 0.15) is 16.3 Å². The second-order valence-corrected chi connectivity index (χ2v) is 10.9. The second kappa shape index (κ2) is 9.27. The highest BCUT2D eigenvalue weighted by Crippen LogP contribution is 2.44. The number of aryl methyl sites for hydroxylation is 1. The van der Waals surface area contributed by atoms with Gasteiger partial charge >= 0.3 is 0 Å². The second-order valence-electron chi connectivity index (χ2n) is 9.01. The largest absolute Gasteiger partial charge is 0.496 e. The minimum absolute atomic E-state index is 0.171. The Labute approximate surface area is 190 Å². The lowest BCUT2D eigenvalue weighted by Crippen LogP contribution is -2.39. The maximum atomic E-state index is 13.1. The predicted octanol–water partition coefficient (Wildman–Crippen LogP) is 3.45. The van der Waals surface area contributed by atoms with Crippen molar-refractivity contribution in [2.45, 2.75) is 55.3 Å². The van der Waals surface area contributed by atoms with Gasteiger partial charge in [-0.15, -0.1) is 0 Å². The Hall–Kier alpha value is -2.32. The van der Waals surface area contributed by atoms with E-state index in [1.807, 2.05) is 18.2 Å². The number of nitrogens with zero attached hydrogens (tertiary/aromatic N) is 2. The molecule has 7 nitrogen and oxygen atoms in total. The van der Waals surface area contributed by atoms with Crippen LogP contribution in [0, 0.1) is 0 Å². The van der Waals surface area contributed by atoms with E-state index in [0.717, 1.165) is 56.3 Å². The number of ether oxygens (including phenoxy) is 1. The highest BCUT2D eigenvalue weighted by atomic mass is 32.2. The molecule has 0 unspecified atom stereocenters. The topological polar surface area (TPSA) is 80.6 Å². The highest BCUT2D eigenvalue weighted by Gasteiger charge is 2.38. The molecule has 1 N–H and O–H groups in total. The number of carbonyl (C=O) groups excluding carboxylic acids is 1. The molecule has 32 heavy (non-hydrogen) atoms. The van der Waals surface area contributed by atoms with Gasteiger partial charge in [0.15, 0.2) is 0 Å². The standard InChI is InChI=1S/C24H33N3O4S/c1-26-17-19(32(29,30)27-14-8-3-9-15-27)16-21(26)23(28)25-18-24(12-6-7-13-24)20-10-4-5-11-22(20)31-2/h4-5,10-11,16-17H,3,6-9,12-15,18H2,1-2H3,(H,25,28). The van der Waals surface area contributed by atoms with E-state index in [4.69, 9.17) is 4.74 Å². The van der Waals surface area contributed by atoms with Gasteiger partial charge in [-0.3, -0.25) is 4.79 Å². The summed E-state index contributed by atoms with van der Waals surface area (Å²) in [6, 6.07) is 9.52. The fourth-order valence-electron chi connectivity index (χ4n) is 5.17. The van der Waals surface area contributed by atoms with Crippen LogP contribution in [0.5, 0.6) is 5.75 Å². The number of carbonyl (C=O) groups is 1. The molecule has 0 spiro atoms. The highest BCUT2D eigenvalue weighted by molar-refractivity contribution is 7.89. The van der Waals surface area contributed by atoms with Crippen molar-refractivity contribution >= 4 is 15.9 Å². The van der Waals surface area contributed by atoms with Gasteiger partial charge in [0.25, 0.3) is 5.91 Å². The molecule has 0 radical (unpaired) electrons. The van der Waals surface area contributed by atoms with E-state index in [1.54, 1.807) is 24.9 Å². The third-order valence-electron chi connectivity index (χ3n) is 6.99. The summed E-state index contributed by atoms with van der Waals surface area (Å²) < 4.78 is 34.8. The fourth-order valence-corrected chi connectivity index (χ4v) is 6.76. The number of piperidine rings is 1. The molecule has 1 aromatic carbocycles. The monoisotopic (exact) mass is 459 g/mol. The van der Waals surface area contributed by atoms with Crippen molar-refractivity contribution < 1.29 is 17.9 Å². The SMILES string of the molecule is COc1ccccc1C1(CNC(=O)c2cc(S(=O)(=O)N3CCCCC3)cn2C)CCCC1. The van der Waals surface area contributed by atoms with E-state index >= 15 is 0 Å². The van der Waals surface area contributed by atoms with Crippen molar-refractivity contribution in [2.75, 3.05) is 26.7 Å². The van der Waals surface area contributed by atoms with Crippen molar-refractivity contribution in [1.29, 1.82) is 0 Å². The summed E-state index contributed by atoms with van der Waals surface area (Å²) in [5, 5.41) is 3.09. The van der Waals surface area contributed by atoms with Gasteiger partial charge in [0.05, 0.1) is 7.11 Å². The molecule has 1 saturated heterocycles. The molecule has 2 aliphatic rings. The van der Waals surface area contributed by atoms with E-state index in [1.165, 1.54) is 10.4 Å². The molecule has 1 amide bonds. The summed E-state index contributed by atoms with van der Waals surface area (Å²) in [5.41, 5.74) is 1.31. The Balaban J connectivity index is 1.53. The Kier molecular flexibility index (Phi) is 6.62. The molecule has 0 atom stereocenters. The van der Waals surface area contributed by atoms with Crippen molar-refractivity contribution in [3.8, 4) is 5.75 Å². The van der Waals surface area contributed by atoms with Crippen LogP contribution in [0.15, 0.2) is 41.4 Å². The molecule has 4 rings (SSSR count). The first kappa shape index (κ1) is 22.9. The first-order valence-electron chi connectivity index (χ1n) is 11.5. The molecule has 0 bridgehead atoms. The summed E-state index contributed by atoms with van der Waals surface area (Å²) in [6.07, 6.45) is 8.54. The van der Waals surface area contributed by atoms with Crippen LogP contribution in [0.2, 0.25) is 0 Å². The maximum absolute atomic E-state index is 13.1. The number of hydrogen-bond acceptors (Lipinski definition) is 4. The molecule has 2 aromatic rings. The van der Waals surface area contributed by atoms with Crippen LogP contribution in [0.1, 0.15) is 61.0 Å². The lowest BCUT2D eigenvalue weighted by atomic mass is 9.78. The summed E-state index contributed by atoms with van der Waals surface area (Å²) in [5.74, 6) is 0.589. The fraction of sp³-hybridized carbons (Fsp3) is 0.542. The molecular formula is C24H33N3O4S. The number of amides is 1. The zero-order valence-electron chi connectivity index (χ0n) is 19.0. The van der Waals surface area contributed by atoms with Crippen LogP contribution in [-0.2, 0) is 22.5 Å². The summed E-state index contributed by atoms with van der Waals surface area (Å²) >= 11 is 0. The predicted molar refractivity (Wildman–Crippen MR) is 123 cm³/mol. The third-order valence-corrected chi connectivity index (χ3v) is 8.86. The normalized spacial score (nSPS) is 19.1. The van der Waals surface area contributed by atoms with Crippen molar-refractivity contribution in [3.05, 3.63) is 47.8 Å². The van der Waals surface area contributed by atoms with Crippen LogP contribution in [0.3, 0.4) is 0 Å². The van der Waals surface area contributed by atoms with Gasteiger partial charge in [-0.25, -0.2) is 8.42 Å². The molecule has 2 heterocycles. The van der Waals surface area contributed by atoms with E-state index in [2.05, 4.69) is 11.4 Å². The Bertz CT molecular complexity index is 1060. The molecule has 1 aliphatic carbocycles. The van der Waals surface area contributed by atoms with Crippen LogP contribution in [0.4, 0.5) is 0 Å². The number of benzene rings is 1. The third kappa shape index (κ3) is 4.30. The molecule has 1 aliphatic heterocycles. The Morgan fingerprint density at radius 3 is 2.47 bits per heavy atom. The van der Waals surface area contributed by atoms with E-state index in [0.29, 0.717) is 25.3 Å². The number of methoxy groups -OCH3 is 1. The smallest absolute Gasteiger partial charge is 0.267 e. The Morgan fingerprint density at radius 1 is 1.09 bits per heavy atom. The molecule has 8 heteroatoms. The lowest BCUT2D eigenvalue weighted by Gasteiger charge is -2.31. The zero-order chi connectivity index (χ0) is 22.8. The summed E-state index contributed by atoms with van der Waals surface area (Å²) in [4.78, 5) is 13.3. The molecule has 1 aromatic heterocycles. The molecule has 174 valence electrons.